The number of hydrogen-bond donors (Lipinski definition) is 2. The number of halogens is 1. The van der Waals surface area contributed by atoms with Crippen LogP contribution in [0.1, 0.15) is 24.8 Å². The summed E-state index contributed by atoms with van der Waals surface area (Å²) in [5, 5.41) is 13.0. The molecule has 0 radical (unpaired) electrons. The van der Waals surface area contributed by atoms with Gasteiger partial charge in [-0.2, -0.15) is 0 Å². The van der Waals surface area contributed by atoms with Gasteiger partial charge in [0.25, 0.3) is 0 Å². The van der Waals surface area contributed by atoms with Crippen molar-refractivity contribution in [1.29, 1.82) is 0 Å². The lowest BCUT2D eigenvalue weighted by molar-refractivity contribution is 0.0862. The van der Waals surface area contributed by atoms with Gasteiger partial charge >= 0.3 is 0 Å². The molecule has 0 aliphatic carbocycles. The van der Waals surface area contributed by atoms with Gasteiger partial charge in [0.1, 0.15) is 0 Å². The SMILES string of the molecule is Cl.OCC1(CCc2ccccc2)CCCNC1. The molecule has 1 unspecified atom stereocenters. The maximum Gasteiger partial charge on any atom is 0.0499 e. The van der Waals surface area contributed by atoms with Gasteiger partial charge in [-0.1, -0.05) is 30.3 Å². The zero-order valence-corrected chi connectivity index (χ0v) is 11.0. The van der Waals surface area contributed by atoms with E-state index in [1.807, 2.05) is 6.07 Å². The highest BCUT2D eigenvalue weighted by molar-refractivity contribution is 5.85. The van der Waals surface area contributed by atoms with Crippen molar-refractivity contribution in [2.45, 2.75) is 25.7 Å². The topological polar surface area (TPSA) is 32.3 Å². The van der Waals surface area contributed by atoms with Gasteiger partial charge in [0, 0.05) is 18.6 Å². The van der Waals surface area contributed by atoms with Crippen molar-refractivity contribution in [3.8, 4) is 0 Å². The van der Waals surface area contributed by atoms with Crippen molar-refractivity contribution >= 4 is 12.4 Å². The number of benzene rings is 1. The Labute approximate surface area is 110 Å². The molecule has 1 heterocycles. The standard InChI is InChI=1S/C14H21NO.ClH/c16-12-14(8-4-10-15-11-14)9-7-13-5-2-1-3-6-13;/h1-3,5-6,15-16H,4,7-12H2;1H. The molecule has 1 aliphatic heterocycles. The number of hydrogen-bond acceptors (Lipinski definition) is 2. The van der Waals surface area contributed by atoms with E-state index in [1.165, 1.54) is 12.0 Å². The van der Waals surface area contributed by atoms with E-state index < -0.39 is 0 Å². The molecule has 1 aromatic rings. The summed E-state index contributed by atoms with van der Waals surface area (Å²) in [6.45, 7) is 2.39. The maximum absolute atomic E-state index is 9.58. The van der Waals surface area contributed by atoms with Crippen molar-refractivity contribution in [2.24, 2.45) is 5.41 Å². The summed E-state index contributed by atoms with van der Waals surface area (Å²) in [5.74, 6) is 0. The van der Waals surface area contributed by atoms with E-state index in [-0.39, 0.29) is 17.8 Å². The Morgan fingerprint density at radius 2 is 2.00 bits per heavy atom. The highest BCUT2D eigenvalue weighted by Gasteiger charge is 2.30. The molecule has 1 saturated heterocycles. The minimum absolute atomic E-state index is 0. The van der Waals surface area contributed by atoms with E-state index in [0.29, 0.717) is 6.61 Å². The molecule has 0 saturated carbocycles. The molecule has 2 nitrogen and oxygen atoms in total. The van der Waals surface area contributed by atoms with E-state index in [2.05, 4.69) is 29.6 Å². The second-order valence-corrected chi connectivity index (χ2v) is 4.92. The maximum atomic E-state index is 9.58. The van der Waals surface area contributed by atoms with Crippen LogP contribution < -0.4 is 5.32 Å². The number of piperidine rings is 1. The van der Waals surface area contributed by atoms with Crippen LogP contribution in [-0.2, 0) is 6.42 Å². The Balaban J connectivity index is 0.00000144. The van der Waals surface area contributed by atoms with Crippen LogP contribution in [0.2, 0.25) is 0 Å². The van der Waals surface area contributed by atoms with Gasteiger partial charge in [-0.15, -0.1) is 12.4 Å². The Bertz CT molecular complexity index is 309. The van der Waals surface area contributed by atoms with Gasteiger partial charge in [0.05, 0.1) is 0 Å². The molecule has 3 heteroatoms. The van der Waals surface area contributed by atoms with Gasteiger partial charge in [-0.05, 0) is 37.8 Å². The minimum atomic E-state index is 0. The van der Waals surface area contributed by atoms with Crippen LogP contribution in [-0.4, -0.2) is 24.8 Å². The first-order valence-corrected chi connectivity index (χ1v) is 6.20. The molecule has 1 aromatic carbocycles. The predicted octanol–water partition coefficient (Wildman–Crippen LogP) is 2.40. The van der Waals surface area contributed by atoms with Crippen LogP contribution in [0.3, 0.4) is 0 Å². The van der Waals surface area contributed by atoms with E-state index in [1.54, 1.807) is 0 Å². The summed E-state index contributed by atoms with van der Waals surface area (Å²) in [5.41, 5.74) is 1.49. The molecule has 0 aromatic heterocycles. The fraction of sp³-hybridized carbons (Fsp3) is 0.571. The fourth-order valence-corrected chi connectivity index (χ4v) is 2.51. The Kier molecular flexibility index (Phi) is 5.96. The van der Waals surface area contributed by atoms with Crippen LogP contribution in [0.4, 0.5) is 0 Å². The van der Waals surface area contributed by atoms with Crippen molar-refractivity contribution in [3.05, 3.63) is 35.9 Å². The summed E-state index contributed by atoms with van der Waals surface area (Å²) in [7, 11) is 0. The molecule has 96 valence electrons. The average Bonchev–Trinajstić information content (AvgIpc) is 2.39. The lowest BCUT2D eigenvalue weighted by Crippen LogP contribution is -2.42. The molecule has 17 heavy (non-hydrogen) atoms. The summed E-state index contributed by atoms with van der Waals surface area (Å²) < 4.78 is 0. The first kappa shape index (κ1) is 14.5. The first-order chi connectivity index (χ1) is 7.85. The number of aryl methyl sites for hydroxylation is 1. The number of nitrogens with one attached hydrogen (secondary N) is 1. The van der Waals surface area contributed by atoms with E-state index in [4.69, 9.17) is 0 Å². The summed E-state index contributed by atoms with van der Waals surface area (Å²) in [6, 6.07) is 10.6. The second-order valence-electron chi connectivity index (χ2n) is 4.92. The third kappa shape index (κ3) is 3.98. The Morgan fingerprint density at radius 1 is 1.24 bits per heavy atom. The molecular formula is C14H22ClNO. The second kappa shape index (κ2) is 7.00. The summed E-state index contributed by atoms with van der Waals surface area (Å²) in [6.07, 6.45) is 4.50. The quantitative estimate of drug-likeness (QED) is 0.866. The van der Waals surface area contributed by atoms with Crippen molar-refractivity contribution < 1.29 is 5.11 Å². The third-order valence-electron chi connectivity index (χ3n) is 3.68. The minimum Gasteiger partial charge on any atom is -0.396 e. The van der Waals surface area contributed by atoms with Crippen LogP contribution >= 0.6 is 12.4 Å². The molecule has 0 bridgehead atoms. The predicted molar refractivity (Wildman–Crippen MR) is 73.6 cm³/mol. The van der Waals surface area contributed by atoms with E-state index in [0.717, 1.165) is 32.4 Å². The van der Waals surface area contributed by atoms with Gasteiger partial charge < -0.3 is 10.4 Å². The molecular weight excluding hydrogens is 234 g/mol. The Hall–Kier alpha value is -0.570. The van der Waals surface area contributed by atoms with Gasteiger partial charge in [-0.25, -0.2) is 0 Å². The highest BCUT2D eigenvalue weighted by Crippen LogP contribution is 2.30. The molecule has 2 rings (SSSR count). The van der Waals surface area contributed by atoms with E-state index in [9.17, 15) is 5.11 Å². The summed E-state index contributed by atoms with van der Waals surface area (Å²) in [4.78, 5) is 0. The third-order valence-corrected chi connectivity index (χ3v) is 3.68. The smallest absolute Gasteiger partial charge is 0.0499 e. The molecule has 1 atom stereocenters. The van der Waals surface area contributed by atoms with E-state index >= 15 is 0 Å². The van der Waals surface area contributed by atoms with Crippen LogP contribution in [0, 0.1) is 5.41 Å². The van der Waals surface area contributed by atoms with Crippen LogP contribution in [0.25, 0.3) is 0 Å². The van der Waals surface area contributed by atoms with Gasteiger partial charge in [0.15, 0.2) is 0 Å². The zero-order valence-electron chi connectivity index (χ0n) is 10.2. The number of aliphatic hydroxyl groups excluding tert-OH is 1. The first-order valence-electron chi connectivity index (χ1n) is 6.20. The molecule has 0 amide bonds. The number of rotatable bonds is 4. The fourth-order valence-electron chi connectivity index (χ4n) is 2.51. The van der Waals surface area contributed by atoms with Crippen molar-refractivity contribution in [2.75, 3.05) is 19.7 Å². The zero-order chi connectivity index (χ0) is 11.3. The monoisotopic (exact) mass is 255 g/mol. The van der Waals surface area contributed by atoms with Gasteiger partial charge in [-0.3, -0.25) is 0 Å². The summed E-state index contributed by atoms with van der Waals surface area (Å²) >= 11 is 0. The molecule has 2 N–H and O–H groups in total. The molecule has 0 spiro atoms. The largest absolute Gasteiger partial charge is 0.396 e. The molecule has 1 fully saturated rings. The van der Waals surface area contributed by atoms with Gasteiger partial charge in [0.2, 0.25) is 0 Å². The highest BCUT2D eigenvalue weighted by atomic mass is 35.5. The van der Waals surface area contributed by atoms with Crippen molar-refractivity contribution in [3.63, 3.8) is 0 Å². The number of aliphatic hydroxyl groups is 1. The Morgan fingerprint density at radius 3 is 2.59 bits per heavy atom. The lowest BCUT2D eigenvalue weighted by atomic mass is 9.77. The van der Waals surface area contributed by atoms with Crippen LogP contribution in [0.15, 0.2) is 30.3 Å². The lowest BCUT2D eigenvalue weighted by Gasteiger charge is -2.36. The molecule has 1 aliphatic rings. The van der Waals surface area contributed by atoms with Crippen molar-refractivity contribution in [1.82, 2.24) is 5.32 Å². The average molecular weight is 256 g/mol. The van der Waals surface area contributed by atoms with Crippen LogP contribution in [0.5, 0.6) is 0 Å². The normalized spacial score (nSPS) is 24.1.